The average molecular weight is 341 g/mol. The number of nitrogens with zero attached hydrogens (tertiary/aromatic N) is 4. The molecule has 0 aliphatic heterocycles. The molecule has 3 rings (SSSR count). The topological polar surface area (TPSA) is 77.7 Å². The van der Waals surface area contributed by atoms with Crippen LogP contribution in [-0.4, -0.2) is 24.3 Å². The van der Waals surface area contributed by atoms with Gasteiger partial charge in [-0.2, -0.15) is 5.10 Å². The summed E-state index contributed by atoms with van der Waals surface area (Å²) in [4.78, 5) is 15.7. The monoisotopic (exact) mass is 341 g/mol. The predicted molar refractivity (Wildman–Crippen MR) is 95.5 cm³/mol. The number of rotatable bonds is 4. The molecule has 0 radical (unpaired) electrons. The van der Waals surface area contributed by atoms with Crippen molar-refractivity contribution in [3.05, 3.63) is 52.6 Å². The van der Waals surface area contributed by atoms with Gasteiger partial charge in [-0.3, -0.25) is 4.57 Å². The molecule has 1 aromatic carbocycles. The SMILES string of the molecule is Cn1cncc1-c1ccc(OCc2n[nH]c(=O)n2C)c(C(C)(C)C)c1. The van der Waals surface area contributed by atoms with Crippen molar-refractivity contribution < 1.29 is 4.74 Å². The zero-order valence-corrected chi connectivity index (χ0v) is 15.2. The highest BCUT2D eigenvalue weighted by atomic mass is 16.5. The Morgan fingerprint density at radius 2 is 2.00 bits per heavy atom. The molecule has 0 spiro atoms. The van der Waals surface area contributed by atoms with Crippen LogP contribution in [0.4, 0.5) is 0 Å². The van der Waals surface area contributed by atoms with Crippen molar-refractivity contribution in [3.63, 3.8) is 0 Å². The van der Waals surface area contributed by atoms with E-state index in [1.54, 1.807) is 13.4 Å². The molecular formula is C18H23N5O2. The van der Waals surface area contributed by atoms with Gasteiger partial charge in [0.25, 0.3) is 0 Å². The molecule has 3 aromatic rings. The van der Waals surface area contributed by atoms with Gasteiger partial charge in [0.15, 0.2) is 5.82 Å². The molecule has 7 heteroatoms. The quantitative estimate of drug-likeness (QED) is 0.790. The van der Waals surface area contributed by atoms with E-state index < -0.39 is 0 Å². The van der Waals surface area contributed by atoms with Crippen molar-refractivity contribution in [2.24, 2.45) is 14.1 Å². The lowest BCUT2D eigenvalue weighted by molar-refractivity contribution is 0.283. The van der Waals surface area contributed by atoms with E-state index >= 15 is 0 Å². The third-order valence-corrected chi connectivity index (χ3v) is 4.23. The number of ether oxygens (including phenoxy) is 1. The first-order valence-corrected chi connectivity index (χ1v) is 8.11. The van der Waals surface area contributed by atoms with Crippen LogP contribution in [0.15, 0.2) is 35.5 Å². The van der Waals surface area contributed by atoms with E-state index in [2.05, 4.69) is 42.0 Å². The molecule has 2 aromatic heterocycles. The number of benzene rings is 1. The first kappa shape index (κ1) is 17.0. The van der Waals surface area contributed by atoms with E-state index in [0.29, 0.717) is 5.82 Å². The van der Waals surface area contributed by atoms with E-state index in [4.69, 9.17) is 4.74 Å². The minimum Gasteiger partial charge on any atom is -0.485 e. The second kappa shape index (κ2) is 6.23. The van der Waals surface area contributed by atoms with Crippen molar-refractivity contribution in [3.8, 4) is 17.0 Å². The molecule has 132 valence electrons. The molecule has 0 saturated carbocycles. The van der Waals surface area contributed by atoms with Crippen LogP contribution in [0.3, 0.4) is 0 Å². The molecule has 2 heterocycles. The summed E-state index contributed by atoms with van der Waals surface area (Å²) in [5.41, 5.74) is 2.88. The van der Waals surface area contributed by atoms with Crippen molar-refractivity contribution in [1.82, 2.24) is 24.3 Å². The van der Waals surface area contributed by atoms with E-state index in [-0.39, 0.29) is 17.7 Å². The van der Waals surface area contributed by atoms with Gasteiger partial charge in [0.1, 0.15) is 12.4 Å². The predicted octanol–water partition coefficient (Wildman–Crippen LogP) is 2.39. The summed E-state index contributed by atoms with van der Waals surface area (Å²) in [5, 5.41) is 6.40. The summed E-state index contributed by atoms with van der Waals surface area (Å²) >= 11 is 0. The van der Waals surface area contributed by atoms with Gasteiger partial charge in [0, 0.05) is 25.2 Å². The maximum absolute atomic E-state index is 11.5. The van der Waals surface area contributed by atoms with Gasteiger partial charge in [-0.05, 0) is 23.6 Å². The first-order chi connectivity index (χ1) is 11.8. The number of nitrogens with one attached hydrogen (secondary N) is 1. The van der Waals surface area contributed by atoms with Crippen LogP contribution in [-0.2, 0) is 26.1 Å². The Balaban J connectivity index is 1.94. The maximum atomic E-state index is 11.5. The fraction of sp³-hybridized carbons (Fsp3) is 0.389. The highest BCUT2D eigenvalue weighted by Crippen LogP contribution is 2.35. The lowest BCUT2D eigenvalue weighted by Gasteiger charge is -2.23. The average Bonchev–Trinajstić information content (AvgIpc) is 3.11. The normalized spacial score (nSPS) is 11.7. The summed E-state index contributed by atoms with van der Waals surface area (Å²) in [6.07, 6.45) is 3.64. The standard InChI is InChI=1S/C18H23N5O2/c1-18(2,3)13-8-12(14-9-19-11-22(14)4)6-7-15(13)25-10-16-20-21-17(24)23(16)5/h6-9,11H,10H2,1-5H3,(H,21,24). The number of aryl methyl sites for hydroxylation is 1. The lowest BCUT2D eigenvalue weighted by Crippen LogP contribution is -2.17. The molecule has 1 N–H and O–H groups in total. The Morgan fingerprint density at radius 3 is 2.56 bits per heavy atom. The fourth-order valence-electron chi connectivity index (χ4n) is 2.69. The van der Waals surface area contributed by atoms with Crippen LogP contribution in [0.25, 0.3) is 11.3 Å². The highest BCUT2D eigenvalue weighted by molar-refractivity contribution is 5.63. The van der Waals surface area contributed by atoms with Crippen molar-refractivity contribution in [1.29, 1.82) is 0 Å². The molecule has 0 amide bonds. The number of hydrogen-bond acceptors (Lipinski definition) is 4. The van der Waals surface area contributed by atoms with E-state index in [1.165, 1.54) is 4.57 Å². The fourth-order valence-corrected chi connectivity index (χ4v) is 2.69. The summed E-state index contributed by atoms with van der Waals surface area (Å²) in [5.74, 6) is 1.34. The lowest BCUT2D eigenvalue weighted by atomic mass is 9.85. The van der Waals surface area contributed by atoms with E-state index in [9.17, 15) is 4.79 Å². The van der Waals surface area contributed by atoms with Gasteiger partial charge in [-0.25, -0.2) is 14.9 Å². The van der Waals surface area contributed by atoms with Crippen LogP contribution < -0.4 is 10.4 Å². The summed E-state index contributed by atoms with van der Waals surface area (Å²) < 4.78 is 9.41. The molecule has 0 fully saturated rings. The molecule has 25 heavy (non-hydrogen) atoms. The number of H-pyrrole nitrogens is 1. The van der Waals surface area contributed by atoms with E-state index in [0.717, 1.165) is 22.6 Å². The molecule has 7 nitrogen and oxygen atoms in total. The van der Waals surface area contributed by atoms with Crippen LogP contribution in [0.5, 0.6) is 5.75 Å². The van der Waals surface area contributed by atoms with Crippen molar-refractivity contribution in [2.45, 2.75) is 32.8 Å². The Labute approximate surface area is 146 Å². The van der Waals surface area contributed by atoms with Gasteiger partial charge < -0.3 is 9.30 Å². The smallest absolute Gasteiger partial charge is 0.343 e. The van der Waals surface area contributed by atoms with E-state index in [1.807, 2.05) is 29.9 Å². The third-order valence-electron chi connectivity index (χ3n) is 4.23. The van der Waals surface area contributed by atoms with Crippen molar-refractivity contribution in [2.75, 3.05) is 0 Å². The molecule has 0 aliphatic rings. The van der Waals surface area contributed by atoms with Crippen LogP contribution in [0, 0.1) is 0 Å². The number of hydrogen-bond donors (Lipinski definition) is 1. The van der Waals surface area contributed by atoms with Crippen LogP contribution >= 0.6 is 0 Å². The van der Waals surface area contributed by atoms with Gasteiger partial charge in [0.2, 0.25) is 0 Å². The highest BCUT2D eigenvalue weighted by Gasteiger charge is 2.21. The summed E-state index contributed by atoms with van der Waals surface area (Å²) in [6.45, 7) is 6.66. The Morgan fingerprint density at radius 1 is 1.24 bits per heavy atom. The Bertz CT molecular complexity index is 943. The van der Waals surface area contributed by atoms with Gasteiger partial charge in [-0.15, -0.1) is 0 Å². The first-order valence-electron chi connectivity index (χ1n) is 8.11. The number of aromatic amines is 1. The maximum Gasteiger partial charge on any atom is 0.343 e. The summed E-state index contributed by atoms with van der Waals surface area (Å²) in [7, 11) is 3.64. The molecule has 0 saturated heterocycles. The molecule has 0 bridgehead atoms. The minimum atomic E-state index is -0.249. The molecule has 0 unspecified atom stereocenters. The van der Waals surface area contributed by atoms with Crippen molar-refractivity contribution >= 4 is 0 Å². The number of imidazole rings is 1. The van der Waals surface area contributed by atoms with Crippen LogP contribution in [0.1, 0.15) is 32.2 Å². The number of aromatic nitrogens is 5. The molecule has 0 aliphatic carbocycles. The second-order valence-corrected chi connectivity index (χ2v) is 7.14. The zero-order chi connectivity index (χ0) is 18.2. The van der Waals surface area contributed by atoms with Gasteiger partial charge >= 0.3 is 5.69 Å². The van der Waals surface area contributed by atoms with Gasteiger partial charge in [-0.1, -0.05) is 20.8 Å². The second-order valence-electron chi connectivity index (χ2n) is 7.14. The summed E-state index contributed by atoms with van der Waals surface area (Å²) in [6, 6.07) is 6.12. The molecular weight excluding hydrogens is 318 g/mol. The third kappa shape index (κ3) is 3.35. The Hall–Kier alpha value is -2.83. The largest absolute Gasteiger partial charge is 0.485 e. The zero-order valence-electron chi connectivity index (χ0n) is 15.2. The molecule has 0 atom stereocenters. The van der Waals surface area contributed by atoms with Gasteiger partial charge in [0.05, 0.1) is 18.2 Å². The minimum absolute atomic E-state index is 0.0958. The Kier molecular flexibility index (Phi) is 4.24. The van der Waals surface area contributed by atoms with Crippen LogP contribution in [0.2, 0.25) is 0 Å².